The predicted molar refractivity (Wildman–Crippen MR) is 119 cm³/mol. The van der Waals surface area contributed by atoms with Crippen LogP contribution in [0, 0.1) is 0 Å². The Hall–Kier alpha value is -3.48. The van der Waals surface area contributed by atoms with Crippen molar-refractivity contribution in [2.45, 2.75) is 45.1 Å². The molecule has 0 bridgehead atoms. The third kappa shape index (κ3) is 6.26. The van der Waals surface area contributed by atoms with E-state index in [0.29, 0.717) is 25.3 Å². The third-order valence-corrected chi connectivity index (χ3v) is 5.42. The van der Waals surface area contributed by atoms with E-state index < -0.39 is 23.7 Å². The van der Waals surface area contributed by atoms with Crippen molar-refractivity contribution in [2.75, 3.05) is 13.1 Å². The largest absolute Gasteiger partial charge is 0.427 e. The van der Waals surface area contributed by atoms with Gasteiger partial charge in [0.2, 0.25) is 11.7 Å². The first-order chi connectivity index (χ1) is 15.5. The Bertz CT molecular complexity index is 956. The van der Waals surface area contributed by atoms with Crippen LogP contribution < -0.4 is 10.1 Å². The highest BCUT2D eigenvalue weighted by molar-refractivity contribution is 6.43. The van der Waals surface area contributed by atoms with Gasteiger partial charge in [-0.2, -0.15) is 0 Å². The van der Waals surface area contributed by atoms with Crippen LogP contribution in [0.1, 0.15) is 48.5 Å². The van der Waals surface area contributed by atoms with Gasteiger partial charge in [-0.25, -0.2) is 0 Å². The number of piperidine rings is 1. The van der Waals surface area contributed by atoms with E-state index in [-0.39, 0.29) is 11.5 Å². The number of hydrogen-bond donors (Lipinski definition) is 1. The second-order valence-corrected chi connectivity index (χ2v) is 7.84. The molecule has 1 fully saturated rings. The number of rotatable bonds is 8. The summed E-state index contributed by atoms with van der Waals surface area (Å²) in [6.45, 7) is 2.17. The van der Waals surface area contributed by atoms with Gasteiger partial charge in [0.1, 0.15) is 11.8 Å². The van der Waals surface area contributed by atoms with Crippen LogP contribution in [0.15, 0.2) is 54.6 Å². The number of esters is 1. The van der Waals surface area contributed by atoms with E-state index in [2.05, 4.69) is 5.32 Å². The topological polar surface area (TPSA) is 92.8 Å². The Morgan fingerprint density at radius 1 is 1.00 bits per heavy atom. The van der Waals surface area contributed by atoms with Gasteiger partial charge in [-0.05, 0) is 61.9 Å². The molecule has 0 aromatic heterocycles. The number of likely N-dealkylation sites (tertiary alicyclic amines) is 1. The lowest BCUT2D eigenvalue weighted by molar-refractivity contribution is -0.138. The van der Waals surface area contributed by atoms with E-state index in [4.69, 9.17) is 4.74 Å². The zero-order chi connectivity index (χ0) is 22.9. The molecule has 168 valence electrons. The Labute approximate surface area is 187 Å². The number of carbonyl (C=O) groups is 4. The molecule has 0 saturated carbocycles. The average Bonchev–Trinajstić information content (AvgIpc) is 2.81. The Morgan fingerprint density at radius 3 is 2.41 bits per heavy atom. The molecule has 2 aromatic rings. The number of benzene rings is 2. The quantitative estimate of drug-likeness (QED) is 0.226. The van der Waals surface area contributed by atoms with Gasteiger partial charge in [-0.15, -0.1) is 0 Å². The normalized spacial score (nSPS) is 15.7. The maximum atomic E-state index is 12.9. The molecule has 2 aromatic carbocycles. The van der Waals surface area contributed by atoms with Crippen LogP contribution in [0.25, 0.3) is 0 Å². The minimum Gasteiger partial charge on any atom is -0.427 e. The van der Waals surface area contributed by atoms with E-state index >= 15 is 0 Å². The highest BCUT2D eigenvalue weighted by Gasteiger charge is 2.35. The van der Waals surface area contributed by atoms with Gasteiger partial charge in [0.05, 0.1) is 0 Å². The standard InChI is InChI=1S/C25H28N2O5/c1-18(28)32-21-14-12-20(13-15-21)23(29)25(31)27-17-6-5-11-22(27)24(30)26-16-7-10-19-8-3-2-4-9-19/h2-4,8-9,12-15,22H,5-7,10-11,16-17H2,1H3,(H,26,30)/t22-/m0/s1. The molecule has 0 spiro atoms. The second-order valence-electron chi connectivity index (χ2n) is 7.84. The fourth-order valence-electron chi connectivity index (χ4n) is 3.81. The van der Waals surface area contributed by atoms with Crippen molar-refractivity contribution < 1.29 is 23.9 Å². The molecule has 7 heteroatoms. The van der Waals surface area contributed by atoms with Crippen molar-refractivity contribution in [3.63, 3.8) is 0 Å². The Kier molecular flexibility index (Phi) is 8.14. The number of Topliss-reactive ketones (excluding diaryl/α,β-unsaturated/α-hetero) is 1. The van der Waals surface area contributed by atoms with E-state index in [1.807, 2.05) is 30.3 Å². The van der Waals surface area contributed by atoms with Gasteiger partial charge in [-0.1, -0.05) is 30.3 Å². The van der Waals surface area contributed by atoms with Gasteiger partial charge in [0, 0.05) is 25.6 Å². The summed E-state index contributed by atoms with van der Waals surface area (Å²) >= 11 is 0. The number of hydrogen-bond acceptors (Lipinski definition) is 5. The molecule has 2 amide bonds. The van der Waals surface area contributed by atoms with Crippen molar-refractivity contribution in [1.29, 1.82) is 0 Å². The number of amides is 2. The molecule has 1 heterocycles. The van der Waals surface area contributed by atoms with Crippen LogP contribution in [-0.2, 0) is 20.8 Å². The summed E-state index contributed by atoms with van der Waals surface area (Å²) in [5, 5.41) is 2.92. The van der Waals surface area contributed by atoms with Crippen molar-refractivity contribution in [3.8, 4) is 5.75 Å². The maximum Gasteiger partial charge on any atom is 0.308 e. The Balaban J connectivity index is 1.57. The van der Waals surface area contributed by atoms with Crippen molar-refractivity contribution >= 4 is 23.6 Å². The molecule has 3 rings (SSSR count). The maximum absolute atomic E-state index is 12.9. The first-order valence-corrected chi connectivity index (χ1v) is 10.9. The van der Waals surface area contributed by atoms with E-state index in [1.54, 1.807) is 0 Å². The number of carbonyl (C=O) groups excluding carboxylic acids is 4. The number of nitrogens with zero attached hydrogens (tertiary/aromatic N) is 1. The first-order valence-electron chi connectivity index (χ1n) is 10.9. The van der Waals surface area contributed by atoms with Crippen molar-refractivity contribution in [2.24, 2.45) is 0 Å². The summed E-state index contributed by atoms with van der Waals surface area (Å²) in [4.78, 5) is 50.8. The highest BCUT2D eigenvalue weighted by atomic mass is 16.5. The van der Waals surface area contributed by atoms with E-state index in [9.17, 15) is 19.2 Å². The number of ether oxygens (including phenoxy) is 1. The fraction of sp³-hybridized carbons (Fsp3) is 0.360. The molecule has 0 radical (unpaired) electrons. The molecule has 32 heavy (non-hydrogen) atoms. The molecule has 1 saturated heterocycles. The van der Waals surface area contributed by atoms with Crippen LogP contribution in [-0.4, -0.2) is 47.6 Å². The van der Waals surface area contributed by atoms with Crippen molar-refractivity contribution in [3.05, 3.63) is 65.7 Å². The average molecular weight is 437 g/mol. The highest BCUT2D eigenvalue weighted by Crippen LogP contribution is 2.20. The van der Waals surface area contributed by atoms with Crippen LogP contribution >= 0.6 is 0 Å². The van der Waals surface area contributed by atoms with Gasteiger partial charge in [0.15, 0.2) is 0 Å². The molecular formula is C25H28N2O5. The minimum absolute atomic E-state index is 0.193. The summed E-state index contributed by atoms with van der Waals surface area (Å²) < 4.78 is 4.95. The zero-order valence-corrected chi connectivity index (χ0v) is 18.2. The molecular weight excluding hydrogens is 408 g/mol. The summed E-state index contributed by atoms with van der Waals surface area (Å²) in [6, 6.07) is 15.2. The first kappa shape index (κ1) is 23.2. The molecule has 1 atom stereocenters. The van der Waals surface area contributed by atoms with Gasteiger partial charge < -0.3 is 15.0 Å². The predicted octanol–water partition coefficient (Wildman–Crippen LogP) is 2.92. The molecule has 1 aliphatic rings. The summed E-state index contributed by atoms with van der Waals surface area (Å²) in [5.74, 6) is -1.75. The molecule has 1 aliphatic heterocycles. The lowest BCUT2D eigenvalue weighted by Gasteiger charge is -2.34. The van der Waals surface area contributed by atoms with Gasteiger partial charge in [0.25, 0.3) is 5.91 Å². The van der Waals surface area contributed by atoms with Crippen molar-refractivity contribution in [1.82, 2.24) is 10.2 Å². The Morgan fingerprint density at radius 2 is 1.72 bits per heavy atom. The van der Waals surface area contributed by atoms with Crippen LogP contribution in [0.3, 0.4) is 0 Å². The van der Waals surface area contributed by atoms with Crippen LogP contribution in [0.4, 0.5) is 0 Å². The number of ketones is 1. The summed E-state index contributed by atoms with van der Waals surface area (Å²) in [5.41, 5.74) is 1.40. The minimum atomic E-state index is -0.686. The second kappa shape index (κ2) is 11.2. The SMILES string of the molecule is CC(=O)Oc1ccc(C(=O)C(=O)N2CCCC[C@H]2C(=O)NCCCc2ccccc2)cc1. The monoisotopic (exact) mass is 436 g/mol. The molecule has 0 unspecified atom stereocenters. The fourth-order valence-corrected chi connectivity index (χ4v) is 3.81. The van der Waals surface area contributed by atoms with E-state index in [1.165, 1.54) is 41.7 Å². The van der Waals surface area contributed by atoms with Gasteiger partial charge >= 0.3 is 5.97 Å². The zero-order valence-electron chi connectivity index (χ0n) is 18.2. The molecule has 0 aliphatic carbocycles. The molecule has 1 N–H and O–H groups in total. The third-order valence-electron chi connectivity index (χ3n) is 5.42. The van der Waals surface area contributed by atoms with Crippen LogP contribution in [0.5, 0.6) is 5.75 Å². The van der Waals surface area contributed by atoms with Crippen LogP contribution in [0.2, 0.25) is 0 Å². The summed E-state index contributed by atoms with van der Waals surface area (Å²) in [7, 11) is 0. The smallest absolute Gasteiger partial charge is 0.308 e. The molecule has 7 nitrogen and oxygen atoms in total. The lowest BCUT2D eigenvalue weighted by Crippen LogP contribution is -2.53. The number of aryl methyl sites for hydroxylation is 1. The number of nitrogens with one attached hydrogen (secondary N) is 1. The lowest BCUT2D eigenvalue weighted by atomic mass is 9.99. The van der Waals surface area contributed by atoms with E-state index in [0.717, 1.165) is 25.7 Å². The van der Waals surface area contributed by atoms with Gasteiger partial charge in [-0.3, -0.25) is 19.2 Å². The summed E-state index contributed by atoms with van der Waals surface area (Å²) in [6.07, 6.45) is 3.77.